The highest BCUT2D eigenvalue weighted by molar-refractivity contribution is 5.79. The van der Waals surface area contributed by atoms with Crippen molar-refractivity contribution in [2.45, 2.75) is 33.2 Å². The number of nitrogens with zero attached hydrogens (tertiary/aromatic N) is 4. The highest BCUT2D eigenvalue weighted by Crippen LogP contribution is 2.15. The maximum Gasteiger partial charge on any atom is 0.191 e. The molecule has 0 radical (unpaired) electrons. The molecule has 0 amide bonds. The first kappa shape index (κ1) is 17.9. The summed E-state index contributed by atoms with van der Waals surface area (Å²) in [6, 6.07) is 14.5. The molecule has 3 aromatic rings. The Kier molecular flexibility index (Phi) is 5.84. The van der Waals surface area contributed by atoms with E-state index in [1.807, 2.05) is 28.8 Å². The number of aryl methyl sites for hydroxylation is 1. The van der Waals surface area contributed by atoms with Gasteiger partial charge in [-0.15, -0.1) is 10.2 Å². The average Bonchev–Trinajstić information content (AvgIpc) is 3.07. The summed E-state index contributed by atoms with van der Waals surface area (Å²) in [7, 11) is 0. The van der Waals surface area contributed by atoms with Gasteiger partial charge in [-0.2, -0.15) is 0 Å². The van der Waals surface area contributed by atoms with E-state index in [1.165, 1.54) is 11.1 Å². The number of nitrogens with one attached hydrogen (secondary N) is 2. The van der Waals surface area contributed by atoms with Crippen molar-refractivity contribution in [3.8, 4) is 0 Å². The monoisotopic (exact) mass is 350 g/mol. The molecular formula is C20H26N6. The molecule has 0 aliphatic rings. The Morgan fingerprint density at radius 3 is 2.85 bits per heavy atom. The number of pyridine rings is 1. The molecule has 0 bridgehead atoms. The highest BCUT2D eigenvalue weighted by atomic mass is 15.3. The van der Waals surface area contributed by atoms with E-state index in [1.54, 1.807) is 0 Å². The van der Waals surface area contributed by atoms with Gasteiger partial charge in [-0.3, -0.25) is 4.40 Å². The molecule has 1 atom stereocenters. The van der Waals surface area contributed by atoms with Crippen LogP contribution in [0, 0.1) is 6.92 Å². The lowest BCUT2D eigenvalue weighted by Crippen LogP contribution is -2.39. The minimum atomic E-state index is 0.396. The fourth-order valence-electron chi connectivity index (χ4n) is 2.83. The summed E-state index contributed by atoms with van der Waals surface area (Å²) in [4.78, 5) is 4.66. The summed E-state index contributed by atoms with van der Waals surface area (Å²) in [5, 5.41) is 15.1. The van der Waals surface area contributed by atoms with Crippen LogP contribution >= 0.6 is 0 Å². The molecule has 3 rings (SSSR count). The predicted molar refractivity (Wildman–Crippen MR) is 105 cm³/mol. The van der Waals surface area contributed by atoms with Gasteiger partial charge in [0.15, 0.2) is 17.4 Å². The van der Waals surface area contributed by atoms with Crippen LogP contribution in [0.25, 0.3) is 5.65 Å². The van der Waals surface area contributed by atoms with Crippen LogP contribution in [0.15, 0.2) is 53.7 Å². The minimum Gasteiger partial charge on any atom is -0.357 e. The fraction of sp³-hybridized carbons (Fsp3) is 0.350. The topological polar surface area (TPSA) is 66.6 Å². The second kappa shape index (κ2) is 8.47. The SMILES string of the molecule is CCNC(=NCc1nnc2ccccn12)NCC(C)c1cccc(C)c1. The van der Waals surface area contributed by atoms with Crippen LogP contribution in [0.1, 0.15) is 36.7 Å². The Balaban J connectivity index is 1.65. The molecule has 0 aliphatic heterocycles. The number of hydrogen-bond acceptors (Lipinski definition) is 3. The van der Waals surface area contributed by atoms with Crippen molar-refractivity contribution in [1.29, 1.82) is 0 Å². The molecular weight excluding hydrogens is 324 g/mol. The van der Waals surface area contributed by atoms with Gasteiger partial charge in [0, 0.05) is 19.3 Å². The number of aromatic nitrogens is 3. The normalized spacial score (nSPS) is 13.0. The van der Waals surface area contributed by atoms with Crippen molar-refractivity contribution in [2.24, 2.45) is 4.99 Å². The molecule has 1 unspecified atom stereocenters. The summed E-state index contributed by atoms with van der Waals surface area (Å²) >= 11 is 0. The highest BCUT2D eigenvalue weighted by Gasteiger charge is 2.08. The smallest absolute Gasteiger partial charge is 0.191 e. The van der Waals surface area contributed by atoms with Crippen LogP contribution in [-0.4, -0.2) is 33.6 Å². The molecule has 2 heterocycles. The lowest BCUT2D eigenvalue weighted by molar-refractivity contribution is 0.697. The fourth-order valence-corrected chi connectivity index (χ4v) is 2.83. The molecule has 0 spiro atoms. The van der Waals surface area contributed by atoms with Crippen molar-refractivity contribution in [3.05, 3.63) is 65.6 Å². The summed E-state index contributed by atoms with van der Waals surface area (Å²) < 4.78 is 1.96. The van der Waals surface area contributed by atoms with Crippen LogP contribution in [-0.2, 0) is 6.54 Å². The molecule has 2 aromatic heterocycles. The van der Waals surface area contributed by atoms with Crippen molar-refractivity contribution in [2.75, 3.05) is 13.1 Å². The van der Waals surface area contributed by atoms with E-state index in [-0.39, 0.29) is 0 Å². The summed E-state index contributed by atoms with van der Waals surface area (Å²) in [6.45, 7) is 8.50. The minimum absolute atomic E-state index is 0.396. The maximum absolute atomic E-state index is 4.66. The first-order valence-electron chi connectivity index (χ1n) is 9.04. The molecule has 0 saturated carbocycles. The van der Waals surface area contributed by atoms with Gasteiger partial charge in [-0.05, 0) is 37.5 Å². The third kappa shape index (κ3) is 4.39. The number of guanidine groups is 1. The maximum atomic E-state index is 4.66. The van der Waals surface area contributed by atoms with Crippen molar-refractivity contribution in [1.82, 2.24) is 25.2 Å². The molecule has 26 heavy (non-hydrogen) atoms. The van der Waals surface area contributed by atoms with Crippen LogP contribution in [0.3, 0.4) is 0 Å². The van der Waals surface area contributed by atoms with Gasteiger partial charge in [0.2, 0.25) is 0 Å². The van der Waals surface area contributed by atoms with Crippen molar-refractivity contribution in [3.63, 3.8) is 0 Å². The number of hydrogen-bond donors (Lipinski definition) is 2. The molecule has 6 nitrogen and oxygen atoms in total. The van der Waals surface area contributed by atoms with E-state index in [0.717, 1.165) is 30.5 Å². The van der Waals surface area contributed by atoms with Gasteiger partial charge in [-0.25, -0.2) is 4.99 Å². The van der Waals surface area contributed by atoms with Crippen LogP contribution in [0.5, 0.6) is 0 Å². The van der Waals surface area contributed by atoms with Crippen LogP contribution in [0.2, 0.25) is 0 Å². The Labute approximate surface area is 154 Å². The first-order chi connectivity index (χ1) is 12.7. The Morgan fingerprint density at radius 2 is 2.04 bits per heavy atom. The van der Waals surface area contributed by atoms with Gasteiger partial charge < -0.3 is 10.6 Å². The zero-order valence-corrected chi connectivity index (χ0v) is 15.6. The summed E-state index contributed by atoms with van der Waals surface area (Å²) in [5.41, 5.74) is 3.45. The van der Waals surface area contributed by atoms with Gasteiger partial charge in [0.05, 0.1) is 0 Å². The quantitative estimate of drug-likeness (QED) is 0.530. The number of aliphatic imine (C=N–C) groups is 1. The largest absolute Gasteiger partial charge is 0.357 e. The van der Waals surface area contributed by atoms with E-state index < -0.39 is 0 Å². The summed E-state index contributed by atoms with van der Waals surface area (Å²) in [6.07, 6.45) is 1.96. The average molecular weight is 350 g/mol. The van der Waals surface area contributed by atoms with E-state index >= 15 is 0 Å². The standard InChI is InChI=1S/C20H26N6/c1-4-21-20(22-13-16(3)17-9-7-8-15(2)12-17)23-14-19-25-24-18-10-5-6-11-26(18)19/h5-12,16H,4,13-14H2,1-3H3,(H2,21,22,23). The molecule has 2 N–H and O–H groups in total. The van der Waals surface area contributed by atoms with Crippen molar-refractivity contribution < 1.29 is 0 Å². The summed E-state index contributed by atoms with van der Waals surface area (Å²) in [5.74, 6) is 2.01. The number of benzene rings is 1. The zero-order valence-electron chi connectivity index (χ0n) is 15.6. The number of rotatable bonds is 6. The molecule has 136 valence electrons. The van der Waals surface area contributed by atoms with E-state index in [9.17, 15) is 0 Å². The lowest BCUT2D eigenvalue weighted by Gasteiger charge is -2.16. The zero-order chi connectivity index (χ0) is 18.4. The molecule has 0 aliphatic carbocycles. The third-order valence-corrected chi connectivity index (χ3v) is 4.29. The van der Waals surface area contributed by atoms with Crippen LogP contribution < -0.4 is 10.6 Å². The van der Waals surface area contributed by atoms with Crippen LogP contribution in [0.4, 0.5) is 0 Å². The Bertz CT molecular complexity index is 883. The second-order valence-corrected chi connectivity index (χ2v) is 6.44. The van der Waals surface area contributed by atoms with Crippen molar-refractivity contribution >= 4 is 11.6 Å². The third-order valence-electron chi connectivity index (χ3n) is 4.29. The first-order valence-corrected chi connectivity index (χ1v) is 9.04. The predicted octanol–water partition coefficient (Wildman–Crippen LogP) is 2.90. The molecule has 6 heteroatoms. The second-order valence-electron chi connectivity index (χ2n) is 6.44. The Morgan fingerprint density at radius 1 is 1.15 bits per heavy atom. The molecule has 1 aromatic carbocycles. The number of fused-ring (bicyclic) bond motifs is 1. The molecule has 0 saturated heterocycles. The molecule has 0 fully saturated rings. The Hall–Kier alpha value is -2.89. The lowest BCUT2D eigenvalue weighted by atomic mass is 9.99. The van der Waals surface area contributed by atoms with Gasteiger partial charge in [0.1, 0.15) is 6.54 Å². The van der Waals surface area contributed by atoms with E-state index in [0.29, 0.717) is 12.5 Å². The van der Waals surface area contributed by atoms with E-state index in [4.69, 9.17) is 0 Å². The van der Waals surface area contributed by atoms with E-state index in [2.05, 4.69) is 70.9 Å². The van der Waals surface area contributed by atoms with Gasteiger partial charge >= 0.3 is 0 Å². The van der Waals surface area contributed by atoms with Gasteiger partial charge in [0.25, 0.3) is 0 Å². The van der Waals surface area contributed by atoms with Gasteiger partial charge in [-0.1, -0.05) is 42.8 Å².